The summed E-state index contributed by atoms with van der Waals surface area (Å²) >= 11 is 0. The van der Waals surface area contributed by atoms with E-state index in [2.05, 4.69) is 0 Å². The molecule has 7 rings (SSSR count). The number of aliphatic hydroxyl groups excluding tert-OH is 5. The van der Waals surface area contributed by atoms with Gasteiger partial charge in [-0.05, 0) is 35.2 Å². The van der Waals surface area contributed by atoms with E-state index in [1.54, 1.807) is 30.3 Å². The zero-order valence-electron chi connectivity index (χ0n) is 25.7. The lowest BCUT2D eigenvalue weighted by Gasteiger charge is -2.42. The summed E-state index contributed by atoms with van der Waals surface area (Å²) in [5.41, 5.74) is -0.481. The Bertz CT molecular complexity index is 1730. The van der Waals surface area contributed by atoms with Crippen LogP contribution in [0.15, 0.2) is 30.3 Å². The van der Waals surface area contributed by atoms with Crippen LogP contribution in [-0.4, -0.2) is 126 Å². The fourth-order valence-electron chi connectivity index (χ4n) is 6.41. The van der Waals surface area contributed by atoms with Crippen molar-refractivity contribution in [2.75, 3.05) is 40.8 Å². The molecule has 4 aliphatic heterocycles. The standard InChI is InChI=1S/C32H34O16/c1-40-18-6-14-15(7-19(18)41-2)27(16-9-42-29(38)23(16)22(14)13-3-4-17-20(5-13)45-12-44-17)47-31-28(32(39,10-34)11-43-31)48-30-26(37)25(36)24(35)21(8-33)46-30/h3-7,21,24-26,28,30-31,33-37,39H,8-12H2,1-2H3. The van der Waals surface area contributed by atoms with Gasteiger partial charge in [0.1, 0.15) is 42.4 Å². The number of aliphatic hydroxyl groups is 6. The first-order chi connectivity index (χ1) is 23.1. The van der Waals surface area contributed by atoms with Gasteiger partial charge in [0, 0.05) is 16.5 Å². The lowest BCUT2D eigenvalue weighted by Crippen LogP contribution is -2.62. The molecule has 0 spiro atoms. The van der Waals surface area contributed by atoms with E-state index < -0.39 is 74.5 Å². The molecule has 8 unspecified atom stereocenters. The molecular formula is C32H34O16. The predicted octanol–water partition coefficient (Wildman–Crippen LogP) is -0.433. The molecule has 0 aromatic heterocycles. The summed E-state index contributed by atoms with van der Waals surface area (Å²) < 4.78 is 51.3. The number of hydrogen-bond acceptors (Lipinski definition) is 16. The van der Waals surface area contributed by atoms with E-state index in [9.17, 15) is 35.4 Å². The lowest BCUT2D eigenvalue weighted by molar-refractivity contribution is -0.329. The van der Waals surface area contributed by atoms with Gasteiger partial charge in [0.15, 0.2) is 35.4 Å². The number of benzene rings is 3. The number of fused-ring (bicyclic) bond motifs is 3. The second-order valence-electron chi connectivity index (χ2n) is 11.8. The van der Waals surface area contributed by atoms with Crippen LogP contribution < -0.4 is 23.7 Å². The van der Waals surface area contributed by atoms with E-state index in [1.807, 2.05) is 0 Å². The number of carbonyl (C=O) groups is 1. The normalized spacial score (nSPS) is 30.8. The van der Waals surface area contributed by atoms with Crippen LogP contribution in [0.5, 0.6) is 28.7 Å². The first-order valence-corrected chi connectivity index (χ1v) is 15.0. The summed E-state index contributed by atoms with van der Waals surface area (Å²) in [6, 6.07) is 8.56. The van der Waals surface area contributed by atoms with E-state index in [0.717, 1.165) is 0 Å². The highest BCUT2D eigenvalue weighted by Crippen LogP contribution is 2.50. The van der Waals surface area contributed by atoms with Crippen molar-refractivity contribution < 1.29 is 78.1 Å². The molecule has 3 aromatic rings. The summed E-state index contributed by atoms with van der Waals surface area (Å²) in [5.74, 6) is 1.17. The minimum absolute atomic E-state index is 0.0470. The molecule has 48 heavy (non-hydrogen) atoms. The van der Waals surface area contributed by atoms with Crippen molar-refractivity contribution in [3.63, 3.8) is 0 Å². The Kier molecular flexibility index (Phi) is 8.47. The van der Waals surface area contributed by atoms with Gasteiger partial charge in [-0.25, -0.2) is 4.79 Å². The molecule has 258 valence electrons. The van der Waals surface area contributed by atoms with Gasteiger partial charge in [-0.2, -0.15) is 0 Å². The zero-order chi connectivity index (χ0) is 33.9. The molecule has 16 heteroatoms. The van der Waals surface area contributed by atoms with Crippen molar-refractivity contribution >= 4 is 16.7 Å². The summed E-state index contributed by atoms with van der Waals surface area (Å²) in [6.45, 7) is -2.23. The third-order valence-electron chi connectivity index (χ3n) is 8.99. The van der Waals surface area contributed by atoms with Crippen LogP contribution in [0.4, 0.5) is 0 Å². The molecule has 6 N–H and O–H groups in total. The third kappa shape index (κ3) is 5.17. The second kappa shape index (κ2) is 12.5. The third-order valence-corrected chi connectivity index (χ3v) is 8.99. The number of carbonyl (C=O) groups excluding carboxylic acids is 1. The zero-order valence-corrected chi connectivity index (χ0v) is 25.7. The van der Waals surface area contributed by atoms with Crippen molar-refractivity contribution in [1.29, 1.82) is 0 Å². The first kappa shape index (κ1) is 32.6. The minimum atomic E-state index is -2.10. The van der Waals surface area contributed by atoms with Gasteiger partial charge in [-0.1, -0.05) is 6.07 Å². The van der Waals surface area contributed by atoms with Crippen LogP contribution in [0.2, 0.25) is 0 Å². The fraction of sp³-hybridized carbons (Fsp3) is 0.469. The van der Waals surface area contributed by atoms with Gasteiger partial charge in [-0.15, -0.1) is 0 Å². The number of hydrogen-bond donors (Lipinski definition) is 6. The van der Waals surface area contributed by atoms with Crippen LogP contribution in [0.25, 0.3) is 21.9 Å². The highest BCUT2D eigenvalue weighted by atomic mass is 16.8. The van der Waals surface area contributed by atoms with E-state index in [0.29, 0.717) is 50.5 Å². The number of rotatable bonds is 9. The highest BCUT2D eigenvalue weighted by molar-refractivity contribution is 6.14. The Balaban J connectivity index is 1.35. The molecule has 16 nitrogen and oxygen atoms in total. The van der Waals surface area contributed by atoms with Crippen molar-refractivity contribution in [3.05, 3.63) is 41.5 Å². The van der Waals surface area contributed by atoms with Crippen LogP contribution >= 0.6 is 0 Å². The summed E-state index contributed by atoms with van der Waals surface area (Å²) in [4.78, 5) is 13.4. The van der Waals surface area contributed by atoms with E-state index in [4.69, 9.17) is 42.6 Å². The highest BCUT2D eigenvalue weighted by Gasteiger charge is 2.55. The van der Waals surface area contributed by atoms with Crippen LogP contribution in [0.3, 0.4) is 0 Å². The Morgan fingerprint density at radius 1 is 0.875 bits per heavy atom. The Morgan fingerprint density at radius 3 is 2.31 bits per heavy atom. The summed E-state index contributed by atoms with van der Waals surface area (Å²) in [7, 11) is 2.92. The summed E-state index contributed by atoms with van der Waals surface area (Å²) in [5, 5.41) is 63.2. The van der Waals surface area contributed by atoms with Crippen LogP contribution in [0, 0.1) is 0 Å². The molecule has 0 aliphatic carbocycles. The molecule has 2 fully saturated rings. The van der Waals surface area contributed by atoms with Gasteiger partial charge < -0.3 is 73.3 Å². The van der Waals surface area contributed by atoms with Crippen molar-refractivity contribution in [3.8, 4) is 39.9 Å². The van der Waals surface area contributed by atoms with Gasteiger partial charge in [0.25, 0.3) is 0 Å². The molecule has 4 heterocycles. The average molecular weight is 675 g/mol. The summed E-state index contributed by atoms with van der Waals surface area (Å²) in [6.07, 6.45) is -11.3. The molecule has 3 aromatic carbocycles. The maximum absolute atomic E-state index is 13.4. The molecule has 0 amide bonds. The molecule has 0 saturated carbocycles. The second-order valence-corrected chi connectivity index (χ2v) is 11.8. The average Bonchev–Trinajstić information content (AvgIpc) is 3.81. The number of ether oxygens (including phenoxy) is 9. The SMILES string of the molecule is COc1cc2c(OC3OCC(O)(CO)C3OC3OC(CO)C(O)C(O)C3O)c3c(c(-c4ccc5c(c4)OCO5)c2cc1OC)C(=O)OC3. The maximum Gasteiger partial charge on any atom is 0.339 e. The van der Waals surface area contributed by atoms with Crippen LogP contribution in [-0.2, 0) is 25.6 Å². The number of esters is 1. The van der Waals surface area contributed by atoms with Crippen LogP contribution in [0.1, 0.15) is 15.9 Å². The monoisotopic (exact) mass is 674 g/mol. The fourth-order valence-corrected chi connectivity index (χ4v) is 6.41. The molecule has 8 atom stereocenters. The topological polar surface area (TPSA) is 222 Å². The molecular weight excluding hydrogens is 640 g/mol. The smallest absolute Gasteiger partial charge is 0.339 e. The molecule has 0 radical (unpaired) electrons. The van der Waals surface area contributed by atoms with E-state index in [-0.39, 0.29) is 24.7 Å². The van der Waals surface area contributed by atoms with Crippen molar-refractivity contribution in [2.24, 2.45) is 0 Å². The number of cyclic esters (lactones) is 1. The van der Waals surface area contributed by atoms with E-state index in [1.165, 1.54) is 14.2 Å². The van der Waals surface area contributed by atoms with Gasteiger partial charge >= 0.3 is 5.97 Å². The Morgan fingerprint density at radius 2 is 1.60 bits per heavy atom. The van der Waals surface area contributed by atoms with Gasteiger partial charge in [0.05, 0.1) is 39.6 Å². The Hall–Kier alpha value is -3.97. The quantitative estimate of drug-likeness (QED) is 0.159. The largest absolute Gasteiger partial charge is 0.493 e. The van der Waals surface area contributed by atoms with Crippen molar-refractivity contribution in [2.45, 2.75) is 55.3 Å². The molecule has 4 aliphatic rings. The van der Waals surface area contributed by atoms with Crippen molar-refractivity contribution in [1.82, 2.24) is 0 Å². The van der Waals surface area contributed by atoms with Gasteiger partial charge in [0.2, 0.25) is 13.1 Å². The molecule has 0 bridgehead atoms. The minimum Gasteiger partial charge on any atom is -0.493 e. The predicted molar refractivity (Wildman–Crippen MR) is 159 cm³/mol. The number of methoxy groups -OCH3 is 2. The maximum atomic E-state index is 13.4. The Labute approximate surface area is 272 Å². The molecule has 2 saturated heterocycles. The lowest BCUT2D eigenvalue weighted by atomic mass is 9.89. The first-order valence-electron chi connectivity index (χ1n) is 15.0. The van der Waals surface area contributed by atoms with E-state index >= 15 is 0 Å². The van der Waals surface area contributed by atoms with Gasteiger partial charge in [-0.3, -0.25) is 0 Å².